The molecule has 0 atom stereocenters. The van der Waals surface area contributed by atoms with Gasteiger partial charge in [-0.2, -0.15) is 0 Å². The molecule has 30 heavy (non-hydrogen) atoms. The van der Waals surface area contributed by atoms with E-state index in [4.69, 9.17) is 16.3 Å². The van der Waals surface area contributed by atoms with Crippen LogP contribution < -0.4 is 9.62 Å². The number of amides is 1. The number of sulfonamides is 1. The first-order valence-electron chi connectivity index (χ1n) is 9.57. The monoisotopic (exact) mass is 452 g/mol. The number of aromatic nitrogens is 1. The van der Waals surface area contributed by atoms with Gasteiger partial charge >= 0.3 is 0 Å². The predicted molar refractivity (Wildman–Crippen MR) is 116 cm³/mol. The Morgan fingerprint density at radius 1 is 1.20 bits per heavy atom. The van der Waals surface area contributed by atoms with Gasteiger partial charge in [0.1, 0.15) is 5.82 Å². The van der Waals surface area contributed by atoms with Crippen molar-refractivity contribution in [2.45, 2.75) is 11.8 Å². The van der Waals surface area contributed by atoms with Crippen molar-refractivity contribution in [3.63, 3.8) is 0 Å². The van der Waals surface area contributed by atoms with Crippen LogP contribution in [0.25, 0.3) is 0 Å². The van der Waals surface area contributed by atoms with Gasteiger partial charge in [-0.1, -0.05) is 17.7 Å². The smallest absolute Gasteiger partial charge is 0.254 e. The number of ether oxygens (including phenoxy) is 1. The zero-order valence-corrected chi connectivity index (χ0v) is 18.5. The highest BCUT2D eigenvalue weighted by Crippen LogP contribution is 2.20. The van der Waals surface area contributed by atoms with Crippen LogP contribution in [0.2, 0.25) is 5.02 Å². The third-order valence-electron chi connectivity index (χ3n) is 4.95. The van der Waals surface area contributed by atoms with Crippen LogP contribution in [0.3, 0.4) is 0 Å². The minimum Gasteiger partial charge on any atom is -0.383 e. The van der Waals surface area contributed by atoms with Gasteiger partial charge in [-0.15, -0.1) is 0 Å². The first-order valence-corrected chi connectivity index (χ1v) is 11.4. The van der Waals surface area contributed by atoms with Crippen molar-refractivity contribution in [1.82, 2.24) is 14.6 Å². The molecule has 1 aromatic heterocycles. The fourth-order valence-corrected chi connectivity index (χ4v) is 4.37. The Balaban J connectivity index is 1.70. The number of carbonyl (C=O) groups excluding carboxylic acids is 1. The molecule has 1 amide bonds. The van der Waals surface area contributed by atoms with Crippen LogP contribution in [0.5, 0.6) is 0 Å². The van der Waals surface area contributed by atoms with Crippen LogP contribution in [0.4, 0.5) is 5.82 Å². The summed E-state index contributed by atoms with van der Waals surface area (Å²) in [6.07, 6.45) is 1.60. The standard InChI is InChI=1S/C20H25ClN4O4S/c1-15-3-5-17(30(27,28)23-7-12-29-2)13-18(15)20(26)25-10-8-24(9-11-25)19-6-4-16(21)14-22-19/h3-6,13-14,23H,7-12H2,1-2H3. The number of aryl methyl sites for hydroxylation is 1. The molecule has 2 heterocycles. The molecule has 0 radical (unpaired) electrons. The van der Waals surface area contributed by atoms with Gasteiger partial charge in [-0.25, -0.2) is 18.1 Å². The van der Waals surface area contributed by atoms with Crippen molar-refractivity contribution < 1.29 is 17.9 Å². The maximum absolute atomic E-state index is 13.1. The maximum Gasteiger partial charge on any atom is 0.254 e. The van der Waals surface area contributed by atoms with Crippen LogP contribution in [0.15, 0.2) is 41.4 Å². The van der Waals surface area contributed by atoms with E-state index in [0.29, 0.717) is 36.8 Å². The summed E-state index contributed by atoms with van der Waals surface area (Å²) in [5.41, 5.74) is 1.13. The van der Waals surface area contributed by atoms with Gasteiger partial charge in [-0.3, -0.25) is 4.79 Å². The van der Waals surface area contributed by atoms with Gasteiger partial charge in [0.25, 0.3) is 5.91 Å². The molecule has 0 unspecified atom stereocenters. The second kappa shape index (κ2) is 9.74. The van der Waals surface area contributed by atoms with Gasteiger partial charge in [0.2, 0.25) is 10.0 Å². The van der Waals surface area contributed by atoms with Crippen molar-refractivity contribution >= 4 is 33.3 Å². The van der Waals surface area contributed by atoms with Gasteiger partial charge < -0.3 is 14.5 Å². The molecule has 1 aromatic carbocycles. The first-order chi connectivity index (χ1) is 14.3. The molecule has 0 aliphatic carbocycles. The number of hydrogen-bond donors (Lipinski definition) is 1. The maximum atomic E-state index is 13.1. The SMILES string of the molecule is COCCNS(=O)(=O)c1ccc(C)c(C(=O)N2CCN(c3ccc(Cl)cn3)CC2)c1. The van der Waals surface area contributed by atoms with Crippen molar-refractivity contribution in [2.75, 3.05) is 51.3 Å². The lowest BCUT2D eigenvalue weighted by molar-refractivity contribution is 0.0745. The Hall–Kier alpha value is -2.20. The van der Waals surface area contributed by atoms with E-state index in [-0.39, 0.29) is 24.0 Å². The number of nitrogens with one attached hydrogen (secondary N) is 1. The Kier molecular flexibility index (Phi) is 7.30. The normalized spacial score (nSPS) is 14.8. The van der Waals surface area contributed by atoms with E-state index in [9.17, 15) is 13.2 Å². The third-order valence-corrected chi connectivity index (χ3v) is 6.63. The van der Waals surface area contributed by atoms with Crippen molar-refractivity contribution in [2.24, 2.45) is 0 Å². The van der Waals surface area contributed by atoms with Gasteiger partial charge in [0.15, 0.2) is 0 Å². The molecule has 1 fully saturated rings. The first kappa shape index (κ1) is 22.5. The molecular formula is C20H25ClN4O4S. The minimum atomic E-state index is -3.71. The summed E-state index contributed by atoms with van der Waals surface area (Å²) >= 11 is 5.89. The van der Waals surface area contributed by atoms with Crippen molar-refractivity contribution in [1.29, 1.82) is 0 Å². The molecule has 0 bridgehead atoms. The highest BCUT2D eigenvalue weighted by molar-refractivity contribution is 7.89. The Morgan fingerprint density at radius 3 is 2.57 bits per heavy atom. The largest absolute Gasteiger partial charge is 0.383 e. The topological polar surface area (TPSA) is 91.8 Å². The molecular weight excluding hydrogens is 428 g/mol. The molecule has 2 aromatic rings. The molecule has 1 aliphatic heterocycles. The van der Waals surface area contributed by atoms with Crippen LogP contribution in [-0.4, -0.2) is 70.6 Å². The van der Waals surface area contributed by atoms with Crippen LogP contribution in [0, 0.1) is 6.92 Å². The Morgan fingerprint density at radius 2 is 1.93 bits per heavy atom. The van der Waals surface area contributed by atoms with Gasteiger partial charge in [0.05, 0.1) is 16.5 Å². The van der Waals surface area contributed by atoms with E-state index in [1.165, 1.54) is 19.2 Å². The molecule has 0 saturated carbocycles. The molecule has 8 nitrogen and oxygen atoms in total. The Labute approximate surface area is 181 Å². The summed E-state index contributed by atoms with van der Waals surface area (Å²) in [6.45, 7) is 4.54. The molecule has 1 saturated heterocycles. The summed E-state index contributed by atoms with van der Waals surface area (Å²) in [7, 11) is -2.21. The van der Waals surface area contributed by atoms with E-state index in [1.807, 2.05) is 6.07 Å². The number of piperazine rings is 1. The number of pyridine rings is 1. The number of nitrogens with zero attached hydrogens (tertiary/aromatic N) is 3. The minimum absolute atomic E-state index is 0.0663. The number of rotatable bonds is 7. The second-order valence-electron chi connectivity index (χ2n) is 6.98. The zero-order valence-electron chi connectivity index (χ0n) is 17.0. The third kappa shape index (κ3) is 5.28. The predicted octanol–water partition coefficient (Wildman–Crippen LogP) is 1.93. The van der Waals surface area contributed by atoms with E-state index >= 15 is 0 Å². The summed E-state index contributed by atoms with van der Waals surface area (Å²) < 4.78 is 32.3. The fourth-order valence-electron chi connectivity index (χ4n) is 3.22. The highest BCUT2D eigenvalue weighted by atomic mass is 35.5. The number of anilines is 1. The number of carbonyl (C=O) groups is 1. The molecule has 10 heteroatoms. The molecule has 1 aliphatic rings. The Bertz CT molecular complexity index is 990. The number of hydrogen-bond acceptors (Lipinski definition) is 6. The second-order valence-corrected chi connectivity index (χ2v) is 9.18. The van der Waals surface area contributed by atoms with Gasteiger partial charge in [-0.05, 0) is 36.8 Å². The summed E-state index contributed by atoms with van der Waals surface area (Å²) in [4.78, 5) is 21.3. The lowest BCUT2D eigenvalue weighted by Gasteiger charge is -2.35. The van der Waals surface area contributed by atoms with Crippen LogP contribution >= 0.6 is 11.6 Å². The molecule has 0 spiro atoms. The van der Waals surface area contributed by atoms with Crippen LogP contribution in [-0.2, 0) is 14.8 Å². The molecule has 3 rings (SSSR count). The highest BCUT2D eigenvalue weighted by Gasteiger charge is 2.25. The van der Waals surface area contributed by atoms with Crippen molar-refractivity contribution in [3.8, 4) is 0 Å². The van der Waals surface area contributed by atoms with Gasteiger partial charge in [0, 0.05) is 51.6 Å². The number of benzene rings is 1. The molecule has 1 N–H and O–H groups in total. The average molecular weight is 453 g/mol. The van der Waals surface area contributed by atoms with E-state index < -0.39 is 10.0 Å². The number of methoxy groups -OCH3 is 1. The van der Waals surface area contributed by atoms with E-state index in [2.05, 4.69) is 14.6 Å². The average Bonchev–Trinajstić information content (AvgIpc) is 2.74. The quantitative estimate of drug-likeness (QED) is 0.645. The summed E-state index contributed by atoms with van der Waals surface area (Å²) in [5.74, 6) is 0.642. The number of halogens is 1. The lowest BCUT2D eigenvalue weighted by Crippen LogP contribution is -2.49. The van der Waals surface area contributed by atoms with E-state index in [1.54, 1.807) is 30.2 Å². The summed E-state index contributed by atoms with van der Waals surface area (Å²) in [5, 5.41) is 0.578. The summed E-state index contributed by atoms with van der Waals surface area (Å²) in [6, 6.07) is 8.25. The zero-order chi connectivity index (χ0) is 21.7. The van der Waals surface area contributed by atoms with E-state index in [0.717, 1.165) is 11.4 Å². The lowest BCUT2D eigenvalue weighted by atomic mass is 10.1. The fraction of sp³-hybridized carbons (Fsp3) is 0.400. The van der Waals surface area contributed by atoms with Crippen LogP contribution in [0.1, 0.15) is 15.9 Å². The molecule has 162 valence electrons. The van der Waals surface area contributed by atoms with Crippen molar-refractivity contribution in [3.05, 3.63) is 52.7 Å².